The SMILES string of the molecule is CCOc1ccc(CNC(=O)[C@H](C)N(c2ccc(C)cc2)S(C)(=O)=O)cc1OCC. The molecule has 0 fully saturated rings. The Balaban J connectivity index is 2.15. The number of hydrogen-bond donors (Lipinski definition) is 1. The molecule has 0 radical (unpaired) electrons. The quantitative estimate of drug-likeness (QED) is 0.620. The van der Waals surface area contributed by atoms with Crippen LogP contribution in [0.25, 0.3) is 0 Å². The van der Waals surface area contributed by atoms with E-state index in [4.69, 9.17) is 9.47 Å². The molecule has 7 nitrogen and oxygen atoms in total. The first-order valence-electron chi connectivity index (χ1n) is 9.89. The molecule has 0 aliphatic carbocycles. The van der Waals surface area contributed by atoms with Crippen LogP contribution in [0.15, 0.2) is 42.5 Å². The maximum atomic E-state index is 12.8. The number of sulfonamides is 1. The molecule has 1 amide bonds. The van der Waals surface area contributed by atoms with Gasteiger partial charge in [-0.1, -0.05) is 23.8 Å². The third-order valence-electron chi connectivity index (χ3n) is 4.45. The molecule has 0 aromatic heterocycles. The fourth-order valence-electron chi connectivity index (χ4n) is 3.04. The number of hydrogen-bond acceptors (Lipinski definition) is 5. The van der Waals surface area contributed by atoms with Gasteiger partial charge in [0, 0.05) is 6.54 Å². The number of nitrogens with zero attached hydrogens (tertiary/aromatic N) is 1. The highest BCUT2D eigenvalue weighted by atomic mass is 32.2. The van der Waals surface area contributed by atoms with Gasteiger partial charge in [-0.2, -0.15) is 0 Å². The van der Waals surface area contributed by atoms with E-state index in [0.29, 0.717) is 30.4 Å². The summed E-state index contributed by atoms with van der Waals surface area (Å²) in [5.74, 6) is 0.856. The molecule has 2 aromatic rings. The number of carbonyl (C=O) groups excluding carboxylic acids is 1. The van der Waals surface area contributed by atoms with Crippen molar-refractivity contribution in [2.24, 2.45) is 0 Å². The number of amides is 1. The molecular formula is C22H30N2O5S. The first-order chi connectivity index (χ1) is 14.2. The van der Waals surface area contributed by atoms with Crippen LogP contribution in [0, 0.1) is 6.92 Å². The summed E-state index contributed by atoms with van der Waals surface area (Å²) in [4.78, 5) is 12.8. The smallest absolute Gasteiger partial charge is 0.243 e. The lowest BCUT2D eigenvalue weighted by molar-refractivity contribution is -0.122. The normalized spacial score (nSPS) is 12.2. The summed E-state index contributed by atoms with van der Waals surface area (Å²) in [5.41, 5.74) is 2.28. The molecule has 8 heteroatoms. The van der Waals surface area contributed by atoms with Crippen molar-refractivity contribution in [3.05, 3.63) is 53.6 Å². The largest absolute Gasteiger partial charge is 0.490 e. The van der Waals surface area contributed by atoms with E-state index < -0.39 is 22.0 Å². The second kappa shape index (κ2) is 10.3. The van der Waals surface area contributed by atoms with Gasteiger partial charge in [0.25, 0.3) is 0 Å². The molecule has 0 spiro atoms. The highest BCUT2D eigenvalue weighted by Gasteiger charge is 2.28. The third kappa shape index (κ3) is 6.13. The summed E-state index contributed by atoms with van der Waals surface area (Å²) in [6.07, 6.45) is 1.09. The standard InChI is InChI=1S/C22H30N2O5S/c1-6-28-20-13-10-18(14-21(20)29-7-2)15-23-22(25)17(4)24(30(5,26)27)19-11-8-16(3)9-12-19/h8-14,17H,6-7,15H2,1-5H3,(H,23,25)/t17-/m0/s1. The van der Waals surface area contributed by atoms with Crippen molar-refractivity contribution in [1.82, 2.24) is 5.32 Å². The minimum Gasteiger partial charge on any atom is -0.490 e. The van der Waals surface area contributed by atoms with Gasteiger partial charge in [0.05, 0.1) is 25.2 Å². The second-order valence-corrected chi connectivity index (χ2v) is 8.79. The molecule has 1 atom stereocenters. The summed E-state index contributed by atoms with van der Waals surface area (Å²) >= 11 is 0. The van der Waals surface area contributed by atoms with Crippen molar-refractivity contribution < 1.29 is 22.7 Å². The average molecular weight is 435 g/mol. The van der Waals surface area contributed by atoms with Crippen LogP contribution in [0.5, 0.6) is 11.5 Å². The van der Waals surface area contributed by atoms with E-state index in [2.05, 4.69) is 5.32 Å². The van der Waals surface area contributed by atoms with Gasteiger partial charge in [0.15, 0.2) is 11.5 Å². The fourth-order valence-corrected chi connectivity index (χ4v) is 4.22. The minimum atomic E-state index is -3.65. The molecule has 0 unspecified atom stereocenters. The summed E-state index contributed by atoms with van der Waals surface area (Å²) in [6, 6.07) is 11.6. The van der Waals surface area contributed by atoms with E-state index in [1.54, 1.807) is 25.1 Å². The zero-order valence-electron chi connectivity index (χ0n) is 18.1. The van der Waals surface area contributed by atoms with Crippen LogP contribution in [0.2, 0.25) is 0 Å². The van der Waals surface area contributed by atoms with Crippen LogP contribution in [0.4, 0.5) is 5.69 Å². The maximum absolute atomic E-state index is 12.8. The molecule has 0 saturated heterocycles. The van der Waals surface area contributed by atoms with E-state index in [9.17, 15) is 13.2 Å². The molecule has 2 aromatic carbocycles. The van der Waals surface area contributed by atoms with Gasteiger partial charge >= 0.3 is 0 Å². The summed E-state index contributed by atoms with van der Waals surface area (Å²) in [5, 5.41) is 2.81. The Morgan fingerprint density at radius 2 is 1.63 bits per heavy atom. The Morgan fingerprint density at radius 1 is 1.03 bits per heavy atom. The third-order valence-corrected chi connectivity index (χ3v) is 5.69. The molecule has 164 valence electrons. The Labute approximate surface area is 179 Å². The van der Waals surface area contributed by atoms with Gasteiger partial charge in [0.1, 0.15) is 6.04 Å². The number of benzene rings is 2. The van der Waals surface area contributed by atoms with E-state index in [1.807, 2.05) is 45.0 Å². The summed E-state index contributed by atoms with van der Waals surface area (Å²) in [6.45, 7) is 8.52. The van der Waals surface area contributed by atoms with Gasteiger partial charge in [0.2, 0.25) is 15.9 Å². The molecule has 0 aliphatic heterocycles. The number of anilines is 1. The Kier molecular flexibility index (Phi) is 8.11. The van der Waals surface area contributed by atoms with Crippen LogP contribution < -0.4 is 19.1 Å². The minimum absolute atomic E-state index is 0.237. The van der Waals surface area contributed by atoms with Crippen molar-refractivity contribution in [3.63, 3.8) is 0 Å². The summed E-state index contributed by atoms with van der Waals surface area (Å²) < 4.78 is 37.0. The van der Waals surface area contributed by atoms with E-state index >= 15 is 0 Å². The average Bonchev–Trinajstić information content (AvgIpc) is 2.68. The summed E-state index contributed by atoms with van der Waals surface area (Å²) in [7, 11) is -3.65. The Bertz CT molecular complexity index is 958. The van der Waals surface area contributed by atoms with Gasteiger partial charge < -0.3 is 14.8 Å². The Morgan fingerprint density at radius 3 is 2.20 bits per heavy atom. The molecule has 0 saturated carbocycles. The lowest BCUT2D eigenvalue weighted by Crippen LogP contribution is -2.47. The molecule has 0 bridgehead atoms. The highest BCUT2D eigenvalue weighted by Crippen LogP contribution is 2.28. The van der Waals surface area contributed by atoms with E-state index in [-0.39, 0.29) is 6.54 Å². The van der Waals surface area contributed by atoms with Crippen molar-refractivity contribution in [2.45, 2.75) is 40.3 Å². The van der Waals surface area contributed by atoms with Crippen LogP contribution >= 0.6 is 0 Å². The molecule has 1 N–H and O–H groups in total. The van der Waals surface area contributed by atoms with Crippen LogP contribution in [0.1, 0.15) is 31.9 Å². The topological polar surface area (TPSA) is 84.9 Å². The predicted molar refractivity (Wildman–Crippen MR) is 119 cm³/mol. The van der Waals surface area contributed by atoms with Crippen molar-refractivity contribution in [3.8, 4) is 11.5 Å². The van der Waals surface area contributed by atoms with E-state index in [1.165, 1.54) is 0 Å². The van der Waals surface area contributed by atoms with Gasteiger partial charge in [-0.3, -0.25) is 9.10 Å². The number of aryl methyl sites for hydroxylation is 1. The molecule has 2 rings (SSSR count). The predicted octanol–water partition coefficient (Wildman–Crippen LogP) is 3.26. The lowest BCUT2D eigenvalue weighted by Gasteiger charge is -2.28. The van der Waals surface area contributed by atoms with E-state index in [0.717, 1.165) is 21.7 Å². The zero-order valence-corrected chi connectivity index (χ0v) is 19.0. The van der Waals surface area contributed by atoms with Crippen LogP contribution in [0.3, 0.4) is 0 Å². The van der Waals surface area contributed by atoms with Crippen LogP contribution in [-0.2, 0) is 21.4 Å². The van der Waals surface area contributed by atoms with Gasteiger partial charge in [-0.05, 0) is 57.5 Å². The van der Waals surface area contributed by atoms with Gasteiger partial charge in [-0.15, -0.1) is 0 Å². The van der Waals surface area contributed by atoms with Crippen LogP contribution in [-0.4, -0.2) is 39.8 Å². The number of nitrogens with one attached hydrogen (secondary N) is 1. The second-order valence-electron chi connectivity index (χ2n) is 6.94. The zero-order chi connectivity index (χ0) is 22.3. The number of carbonyl (C=O) groups is 1. The Hall–Kier alpha value is -2.74. The monoisotopic (exact) mass is 434 g/mol. The first kappa shape index (κ1) is 23.5. The van der Waals surface area contributed by atoms with Crippen molar-refractivity contribution in [1.29, 1.82) is 0 Å². The fraction of sp³-hybridized carbons (Fsp3) is 0.409. The molecule has 30 heavy (non-hydrogen) atoms. The molecule has 0 aliphatic rings. The van der Waals surface area contributed by atoms with Crippen molar-refractivity contribution >= 4 is 21.6 Å². The van der Waals surface area contributed by atoms with Gasteiger partial charge in [-0.25, -0.2) is 8.42 Å². The first-order valence-corrected chi connectivity index (χ1v) is 11.7. The molecular weight excluding hydrogens is 404 g/mol. The molecule has 0 heterocycles. The maximum Gasteiger partial charge on any atom is 0.243 e. The lowest BCUT2D eigenvalue weighted by atomic mass is 10.2. The number of rotatable bonds is 10. The number of ether oxygens (including phenoxy) is 2. The highest BCUT2D eigenvalue weighted by molar-refractivity contribution is 7.92. The van der Waals surface area contributed by atoms with Crippen molar-refractivity contribution in [2.75, 3.05) is 23.8 Å².